The maximum atomic E-state index is 5.45. The summed E-state index contributed by atoms with van der Waals surface area (Å²) in [5, 5.41) is 3.65. The van der Waals surface area contributed by atoms with Crippen LogP contribution < -0.4 is 5.32 Å². The van der Waals surface area contributed by atoms with Gasteiger partial charge < -0.3 is 14.6 Å². The Morgan fingerprint density at radius 1 is 1.33 bits per heavy atom. The molecule has 0 bridgehead atoms. The first-order valence-corrected chi connectivity index (χ1v) is 7.16. The Balaban J connectivity index is 1.74. The molecule has 2 heterocycles. The fourth-order valence-corrected chi connectivity index (χ4v) is 3.10. The molecular weight excluding hydrogens is 226 g/mol. The van der Waals surface area contributed by atoms with Crippen molar-refractivity contribution in [3.63, 3.8) is 0 Å². The minimum Gasteiger partial charge on any atom is -0.381 e. The highest BCUT2D eigenvalue weighted by molar-refractivity contribution is 5.31. The van der Waals surface area contributed by atoms with Crippen LogP contribution in [0.3, 0.4) is 0 Å². The van der Waals surface area contributed by atoms with Crippen LogP contribution in [0.25, 0.3) is 0 Å². The van der Waals surface area contributed by atoms with Gasteiger partial charge in [0.15, 0.2) is 0 Å². The molecule has 0 aromatic carbocycles. The van der Waals surface area contributed by atoms with Crippen LogP contribution in [0.15, 0.2) is 12.4 Å². The van der Waals surface area contributed by atoms with Gasteiger partial charge in [-0.25, -0.2) is 4.98 Å². The molecule has 1 aliphatic heterocycles. The Morgan fingerprint density at radius 2 is 2.06 bits per heavy atom. The van der Waals surface area contributed by atoms with Gasteiger partial charge in [0.05, 0.1) is 0 Å². The topological polar surface area (TPSA) is 39.1 Å². The van der Waals surface area contributed by atoms with Crippen molar-refractivity contribution in [2.75, 3.05) is 18.5 Å². The van der Waals surface area contributed by atoms with E-state index in [2.05, 4.69) is 28.0 Å². The molecule has 3 rings (SSSR count). The third-order valence-corrected chi connectivity index (χ3v) is 4.40. The van der Waals surface area contributed by atoms with E-state index in [0.29, 0.717) is 6.04 Å². The molecule has 1 aromatic rings. The highest BCUT2D eigenvalue weighted by atomic mass is 16.5. The third-order valence-electron chi connectivity index (χ3n) is 4.40. The van der Waals surface area contributed by atoms with E-state index in [4.69, 9.17) is 4.74 Å². The van der Waals surface area contributed by atoms with Crippen LogP contribution in [0, 0.1) is 0 Å². The summed E-state index contributed by atoms with van der Waals surface area (Å²) in [5.74, 6) is 1.05. The smallest absolute Gasteiger partial charge is 0.203 e. The van der Waals surface area contributed by atoms with E-state index in [9.17, 15) is 0 Å². The van der Waals surface area contributed by atoms with Crippen molar-refractivity contribution >= 4 is 5.95 Å². The van der Waals surface area contributed by atoms with Gasteiger partial charge in [0.1, 0.15) is 0 Å². The van der Waals surface area contributed by atoms with E-state index in [1.807, 2.05) is 6.20 Å². The molecule has 0 unspecified atom stereocenters. The molecule has 1 N–H and O–H groups in total. The average molecular weight is 249 g/mol. The Labute approximate surface area is 109 Å². The Morgan fingerprint density at radius 3 is 2.78 bits per heavy atom. The molecule has 1 aromatic heterocycles. The summed E-state index contributed by atoms with van der Waals surface area (Å²) < 4.78 is 7.79. The van der Waals surface area contributed by atoms with E-state index >= 15 is 0 Å². The second kappa shape index (κ2) is 4.92. The van der Waals surface area contributed by atoms with Crippen LogP contribution >= 0.6 is 0 Å². The van der Waals surface area contributed by atoms with Crippen molar-refractivity contribution < 1.29 is 4.74 Å². The van der Waals surface area contributed by atoms with Gasteiger partial charge in [0.2, 0.25) is 5.95 Å². The molecule has 100 valence electrons. The lowest BCUT2D eigenvalue weighted by atomic mass is 9.93. The second-order valence-corrected chi connectivity index (χ2v) is 5.89. The fraction of sp³-hybridized carbons (Fsp3) is 0.786. The summed E-state index contributed by atoms with van der Waals surface area (Å²) in [6.45, 7) is 3.99. The minimum atomic E-state index is 0.139. The van der Waals surface area contributed by atoms with Gasteiger partial charge in [-0.3, -0.25) is 0 Å². The maximum absolute atomic E-state index is 5.45. The molecule has 18 heavy (non-hydrogen) atoms. The zero-order valence-corrected chi connectivity index (χ0v) is 11.2. The van der Waals surface area contributed by atoms with Crippen molar-refractivity contribution in [3.05, 3.63) is 12.4 Å². The molecule has 2 fully saturated rings. The molecule has 2 aliphatic rings. The van der Waals surface area contributed by atoms with Gasteiger partial charge >= 0.3 is 0 Å². The lowest BCUT2D eigenvalue weighted by molar-refractivity contribution is 0.0654. The van der Waals surface area contributed by atoms with Crippen molar-refractivity contribution in [2.45, 2.75) is 57.0 Å². The minimum absolute atomic E-state index is 0.139. The predicted molar refractivity (Wildman–Crippen MR) is 71.8 cm³/mol. The Bertz CT molecular complexity index is 389. The number of anilines is 1. The van der Waals surface area contributed by atoms with Crippen LogP contribution in [0.4, 0.5) is 5.95 Å². The number of nitrogens with zero attached hydrogens (tertiary/aromatic N) is 2. The maximum Gasteiger partial charge on any atom is 0.203 e. The quantitative estimate of drug-likeness (QED) is 0.895. The lowest BCUT2D eigenvalue weighted by Gasteiger charge is -2.35. The number of imidazole rings is 1. The highest BCUT2D eigenvalue weighted by Crippen LogP contribution is 2.33. The van der Waals surface area contributed by atoms with Crippen molar-refractivity contribution in [1.82, 2.24) is 9.55 Å². The summed E-state index contributed by atoms with van der Waals surface area (Å²) in [4.78, 5) is 4.51. The van der Waals surface area contributed by atoms with Crippen LogP contribution in [-0.2, 0) is 4.74 Å². The van der Waals surface area contributed by atoms with E-state index in [0.717, 1.165) is 32.0 Å². The molecule has 1 aliphatic carbocycles. The van der Waals surface area contributed by atoms with Gasteiger partial charge in [-0.1, -0.05) is 12.8 Å². The van der Waals surface area contributed by atoms with Gasteiger partial charge in [-0.2, -0.15) is 0 Å². The highest BCUT2D eigenvalue weighted by Gasteiger charge is 2.29. The third kappa shape index (κ3) is 2.39. The molecule has 1 saturated heterocycles. The summed E-state index contributed by atoms with van der Waals surface area (Å²) in [6, 6.07) is 0.651. The number of ether oxygens (including phenoxy) is 1. The fourth-order valence-electron chi connectivity index (χ4n) is 3.10. The van der Waals surface area contributed by atoms with Crippen LogP contribution in [-0.4, -0.2) is 28.3 Å². The number of nitrogens with one attached hydrogen (secondary N) is 1. The summed E-state index contributed by atoms with van der Waals surface area (Å²) >= 11 is 0. The van der Waals surface area contributed by atoms with E-state index in [1.165, 1.54) is 25.7 Å². The van der Waals surface area contributed by atoms with Crippen molar-refractivity contribution in [1.29, 1.82) is 0 Å². The first-order valence-electron chi connectivity index (χ1n) is 7.16. The van der Waals surface area contributed by atoms with Crippen LogP contribution in [0.5, 0.6) is 0 Å². The molecule has 4 heteroatoms. The molecule has 0 radical (unpaired) electrons. The molecule has 0 amide bonds. The second-order valence-electron chi connectivity index (χ2n) is 5.89. The average Bonchev–Trinajstić information content (AvgIpc) is 2.99. The normalized spacial score (nSPS) is 24.3. The monoisotopic (exact) mass is 249 g/mol. The van der Waals surface area contributed by atoms with E-state index < -0.39 is 0 Å². The largest absolute Gasteiger partial charge is 0.381 e. The van der Waals surface area contributed by atoms with Gasteiger partial charge in [-0.05, 0) is 32.6 Å². The van der Waals surface area contributed by atoms with E-state index in [-0.39, 0.29) is 5.54 Å². The van der Waals surface area contributed by atoms with Crippen LogP contribution in [0.2, 0.25) is 0 Å². The summed E-state index contributed by atoms with van der Waals surface area (Å²) in [7, 11) is 0. The summed E-state index contributed by atoms with van der Waals surface area (Å²) in [6.07, 6.45) is 11.5. The zero-order valence-electron chi connectivity index (χ0n) is 11.2. The van der Waals surface area contributed by atoms with Gasteiger partial charge in [0.25, 0.3) is 0 Å². The summed E-state index contributed by atoms with van der Waals surface area (Å²) in [5.41, 5.74) is 0.139. The molecule has 0 spiro atoms. The number of rotatable bonds is 3. The number of aromatic nitrogens is 2. The van der Waals surface area contributed by atoms with Crippen molar-refractivity contribution in [2.24, 2.45) is 0 Å². The standard InChI is InChI=1S/C14H23N3O/c1-14(6-10-18-11-7-14)16-13-15-8-9-17(13)12-4-2-3-5-12/h8-9,12H,2-7,10-11H2,1H3,(H,15,16). The van der Waals surface area contributed by atoms with Gasteiger partial charge in [0, 0.05) is 37.2 Å². The Hall–Kier alpha value is -1.03. The molecule has 4 nitrogen and oxygen atoms in total. The zero-order chi connectivity index (χ0) is 12.4. The first kappa shape index (κ1) is 12.0. The predicted octanol–water partition coefficient (Wildman–Crippen LogP) is 2.98. The lowest BCUT2D eigenvalue weighted by Crippen LogP contribution is -2.41. The first-order chi connectivity index (χ1) is 8.77. The number of hydrogen-bond donors (Lipinski definition) is 1. The van der Waals surface area contributed by atoms with Crippen molar-refractivity contribution in [3.8, 4) is 0 Å². The Kier molecular flexibility index (Phi) is 3.29. The molecular formula is C14H23N3O. The molecule has 1 saturated carbocycles. The van der Waals surface area contributed by atoms with Gasteiger partial charge in [-0.15, -0.1) is 0 Å². The molecule has 0 atom stereocenters. The van der Waals surface area contributed by atoms with Crippen LogP contribution in [0.1, 0.15) is 51.5 Å². The van der Waals surface area contributed by atoms with E-state index in [1.54, 1.807) is 0 Å². The number of hydrogen-bond acceptors (Lipinski definition) is 3. The SMILES string of the molecule is CC1(Nc2nccn2C2CCCC2)CCOCC1.